The van der Waals surface area contributed by atoms with E-state index in [4.69, 9.17) is 0 Å². The van der Waals surface area contributed by atoms with Crippen LogP contribution in [-0.2, 0) is 6.54 Å². The third-order valence-corrected chi connectivity index (χ3v) is 3.53. The molecule has 0 saturated carbocycles. The summed E-state index contributed by atoms with van der Waals surface area (Å²) in [5.74, 6) is 0.640. The minimum atomic E-state index is 0.112. The van der Waals surface area contributed by atoms with Crippen molar-refractivity contribution in [2.45, 2.75) is 40.3 Å². The Bertz CT molecular complexity index is 452. The number of nitrogens with zero attached hydrogens (tertiary/aromatic N) is 3. The molecule has 1 aromatic rings. The highest BCUT2D eigenvalue weighted by molar-refractivity contribution is 5.95. The van der Waals surface area contributed by atoms with E-state index in [1.807, 2.05) is 16.5 Å². The highest BCUT2D eigenvalue weighted by atomic mass is 16.2. The van der Waals surface area contributed by atoms with Crippen LogP contribution in [0.25, 0.3) is 0 Å². The second kappa shape index (κ2) is 5.74. The number of hydrogen-bond acceptors (Lipinski definition) is 3. The first-order chi connectivity index (χ1) is 8.99. The van der Waals surface area contributed by atoms with Crippen LogP contribution in [0, 0.1) is 12.8 Å². The average Bonchev–Trinajstić information content (AvgIpc) is 2.69. The van der Waals surface area contributed by atoms with E-state index >= 15 is 0 Å². The summed E-state index contributed by atoms with van der Waals surface area (Å²) in [7, 11) is 0. The Hall–Kier alpha value is -1.36. The van der Waals surface area contributed by atoms with Crippen molar-refractivity contribution in [3.05, 3.63) is 17.5 Å². The lowest BCUT2D eigenvalue weighted by Gasteiger charge is -2.31. The van der Waals surface area contributed by atoms with Crippen molar-refractivity contribution in [2.75, 3.05) is 19.6 Å². The molecule has 5 nitrogen and oxygen atoms in total. The number of aromatic nitrogens is 2. The lowest BCUT2D eigenvalue weighted by atomic mass is 10.1. The molecule has 0 aliphatic carbocycles. The van der Waals surface area contributed by atoms with Crippen molar-refractivity contribution < 1.29 is 4.79 Å². The number of carbonyl (C=O) groups excluding carboxylic acids is 1. The van der Waals surface area contributed by atoms with Gasteiger partial charge in [-0.3, -0.25) is 9.48 Å². The number of amides is 1. The highest BCUT2D eigenvalue weighted by Gasteiger charge is 2.24. The molecule has 1 aromatic heterocycles. The predicted octanol–water partition coefficient (Wildman–Crippen LogP) is 1.28. The van der Waals surface area contributed by atoms with Crippen LogP contribution in [0.15, 0.2) is 6.20 Å². The van der Waals surface area contributed by atoms with E-state index in [2.05, 4.69) is 31.2 Å². The molecule has 1 amide bonds. The lowest BCUT2D eigenvalue weighted by Crippen LogP contribution is -2.51. The second-order valence-electron chi connectivity index (χ2n) is 5.83. The molecule has 1 aliphatic heterocycles. The number of carbonyl (C=O) groups is 1. The van der Waals surface area contributed by atoms with E-state index in [9.17, 15) is 4.79 Å². The number of piperazine rings is 1. The SMILES string of the molecule is Cc1c(C(=O)N2CCN[C@H](C)C2)cnn1CC(C)C. The fourth-order valence-corrected chi connectivity index (χ4v) is 2.47. The molecule has 19 heavy (non-hydrogen) atoms. The largest absolute Gasteiger partial charge is 0.336 e. The molecule has 106 valence electrons. The van der Waals surface area contributed by atoms with E-state index in [0.717, 1.165) is 37.4 Å². The molecule has 1 fully saturated rings. The minimum absolute atomic E-state index is 0.112. The van der Waals surface area contributed by atoms with Crippen molar-refractivity contribution in [3.63, 3.8) is 0 Å². The van der Waals surface area contributed by atoms with Gasteiger partial charge in [-0.1, -0.05) is 13.8 Å². The average molecular weight is 264 g/mol. The Morgan fingerprint density at radius 1 is 1.58 bits per heavy atom. The zero-order chi connectivity index (χ0) is 14.0. The van der Waals surface area contributed by atoms with Crippen LogP contribution >= 0.6 is 0 Å². The first-order valence-corrected chi connectivity index (χ1v) is 7.04. The molecule has 0 aromatic carbocycles. The van der Waals surface area contributed by atoms with Crippen LogP contribution in [0.1, 0.15) is 36.8 Å². The van der Waals surface area contributed by atoms with Gasteiger partial charge in [0.25, 0.3) is 5.91 Å². The van der Waals surface area contributed by atoms with Gasteiger partial charge in [0.2, 0.25) is 0 Å². The van der Waals surface area contributed by atoms with Crippen LogP contribution < -0.4 is 5.32 Å². The minimum Gasteiger partial charge on any atom is -0.336 e. The summed E-state index contributed by atoms with van der Waals surface area (Å²) in [6.45, 7) is 11.7. The second-order valence-corrected chi connectivity index (χ2v) is 5.83. The van der Waals surface area contributed by atoms with Crippen molar-refractivity contribution in [1.82, 2.24) is 20.0 Å². The Labute approximate surface area is 115 Å². The Morgan fingerprint density at radius 2 is 2.32 bits per heavy atom. The van der Waals surface area contributed by atoms with Gasteiger partial charge in [0, 0.05) is 37.9 Å². The van der Waals surface area contributed by atoms with Crippen molar-refractivity contribution in [1.29, 1.82) is 0 Å². The quantitative estimate of drug-likeness (QED) is 0.895. The standard InChI is InChI=1S/C14H24N4O/c1-10(2)8-18-12(4)13(7-16-18)14(19)17-6-5-15-11(3)9-17/h7,10-11,15H,5-6,8-9H2,1-4H3/t11-/m1/s1. The number of hydrogen-bond donors (Lipinski definition) is 1. The van der Waals surface area contributed by atoms with Crippen molar-refractivity contribution in [2.24, 2.45) is 5.92 Å². The predicted molar refractivity (Wildman–Crippen MR) is 75.2 cm³/mol. The molecule has 0 spiro atoms. The van der Waals surface area contributed by atoms with Crippen LogP contribution in [0.5, 0.6) is 0 Å². The third-order valence-electron chi connectivity index (χ3n) is 3.53. The van der Waals surface area contributed by atoms with Gasteiger partial charge in [0.1, 0.15) is 0 Å². The van der Waals surface area contributed by atoms with Crippen LogP contribution in [-0.4, -0.2) is 46.3 Å². The van der Waals surface area contributed by atoms with Crippen LogP contribution in [0.3, 0.4) is 0 Å². The van der Waals surface area contributed by atoms with Gasteiger partial charge in [-0.15, -0.1) is 0 Å². The van der Waals surface area contributed by atoms with Crippen molar-refractivity contribution in [3.8, 4) is 0 Å². The summed E-state index contributed by atoms with van der Waals surface area (Å²) in [4.78, 5) is 14.4. The summed E-state index contributed by atoms with van der Waals surface area (Å²) >= 11 is 0. The summed E-state index contributed by atoms with van der Waals surface area (Å²) in [6, 6.07) is 0.365. The van der Waals surface area contributed by atoms with Crippen LogP contribution in [0.4, 0.5) is 0 Å². The van der Waals surface area contributed by atoms with E-state index in [0.29, 0.717) is 12.0 Å². The van der Waals surface area contributed by atoms with E-state index in [1.165, 1.54) is 0 Å². The van der Waals surface area contributed by atoms with E-state index in [-0.39, 0.29) is 5.91 Å². The molecule has 5 heteroatoms. The smallest absolute Gasteiger partial charge is 0.257 e. The monoisotopic (exact) mass is 264 g/mol. The molecular weight excluding hydrogens is 240 g/mol. The molecule has 1 atom stereocenters. The first-order valence-electron chi connectivity index (χ1n) is 7.04. The third kappa shape index (κ3) is 3.15. The van der Waals surface area contributed by atoms with E-state index < -0.39 is 0 Å². The van der Waals surface area contributed by atoms with Gasteiger partial charge in [0.15, 0.2) is 0 Å². The highest BCUT2D eigenvalue weighted by Crippen LogP contribution is 2.13. The first kappa shape index (κ1) is 14.1. The van der Waals surface area contributed by atoms with Crippen molar-refractivity contribution >= 4 is 5.91 Å². The molecule has 2 rings (SSSR count). The molecule has 0 unspecified atom stereocenters. The van der Waals surface area contributed by atoms with Gasteiger partial charge in [-0.25, -0.2) is 0 Å². The summed E-state index contributed by atoms with van der Waals surface area (Å²) in [5, 5.41) is 7.69. The molecular formula is C14H24N4O. The van der Waals surface area contributed by atoms with Gasteiger partial charge >= 0.3 is 0 Å². The molecule has 1 saturated heterocycles. The molecule has 2 heterocycles. The Kier molecular flexibility index (Phi) is 4.24. The zero-order valence-corrected chi connectivity index (χ0v) is 12.3. The van der Waals surface area contributed by atoms with Gasteiger partial charge in [-0.05, 0) is 19.8 Å². The summed E-state index contributed by atoms with van der Waals surface area (Å²) in [6.07, 6.45) is 1.72. The summed E-state index contributed by atoms with van der Waals surface area (Å²) < 4.78 is 1.93. The van der Waals surface area contributed by atoms with Gasteiger partial charge in [0.05, 0.1) is 11.8 Å². The Balaban J connectivity index is 2.13. The van der Waals surface area contributed by atoms with Gasteiger partial charge in [-0.2, -0.15) is 5.10 Å². The van der Waals surface area contributed by atoms with Crippen LogP contribution in [0.2, 0.25) is 0 Å². The maximum absolute atomic E-state index is 12.5. The number of nitrogens with one attached hydrogen (secondary N) is 1. The topological polar surface area (TPSA) is 50.2 Å². The van der Waals surface area contributed by atoms with Gasteiger partial charge < -0.3 is 10.2 Å². The lowest BCUT2D eigenvalue weighted by molar-refractivity contribution is 0.0708. The fourth-order valence-electron chi connectivity index (χ4n) is 2.47. The molecule has 1 aliphatic rings. The molecule has 0 radical (unpaired) electrons. The molecule has 0 bridgehead atoms. The van der Waals surface area contributed by atoms with E-state index in [1.54, 1.807) is 6.20 Å². The number of rotatable bonds is 3. The normalized spacial score (nSPS) is 20.1. The Morgan fingerprint density at radius 3 is 2.95 bits per heavy atom. The maximum Gasteiger partial charge on any atom is 0.257 e. The summed E-state index contributed by atoms with van der Waals surface area (Å²) in [5.41, 5.74) is 1.72. The zero-order valence-electron chi connectivity index (χ0n) is 12.3. The fraction of sp³-hybridized carbons (Fsp3) is 0.714. The maximum atomic E-state index is 12.5. The molecule has 1 N–H and O–H groups in total.